The fourth-order valence-corrected chi connectivity index (χ4v) is 1.21. The fourth-order valence-electron chi connectivity index (χ4n) is 1.21. The third-order valence-corrected chi connectivity index (χ3v) is 2.18. The lowest BCUT2D eigenvalue weighted by molar-refractivity contribution is -0.137. The van der Waals surface area contributed by atoms with E-state index in [0.29, 0.717) is 12.0 Å². The first-order valence-electron chi connectivity index (χ1n) is 5.16. The van der Waals surface area contributed by atoms with Crippen LogP contribution in [-0.2, 0) is 9.59 Å². The summed E-state index contributed by atoms with van der Waals surface area (Å²) in [7, 11) is 0. The van der Waals surface area contributed by atoms with E-state index in [-0.39, 0.29) is 18.4 Å². The second kappa shape index (κ2) is 7.04. The van der Waals surface area contributed by atoms with Crippen LogP contribution in [0.4, 0.5) is 0 Å². The zero-order valence-electron chi connectivity index (χ0n) is 9.54. The summed E-state index contributed by atoms with van der Waals surface area (Å²) in [5.41, 5.74) is 0.612. The zero-order valence-corrected chi connectivity index (χ0v) is 9.54. The van der Waals surface area contributed by atoms with E-state index in [0.717, 1.165) is 6.42 Å². The number of allylic oxidation sites excluding steroid dienone is 1. The van der Waals surface area contributed by atoms with Gasteiger partial charge in [-0.1, -0.05) is 19.4 Å². The lowest BCUT2D eigenvalue weighted by Crippen LogP contribution is -2.36. The van der Waals surface area contributed by atoms with Crippen molar-refractivity contribution in [3.63, 3.8) is 0 Å². The van der Waals surface area contributed by atoms with Crippen molar-refractivity contribution in [3.05, 3.63) is 11.6 Å². The van der Waals surface area contributed by atoms with Gasteiger partial charge in [-0.3, -0.25) is 9.59 Å². The molecule has 0 aliphatic rings. The minimum absolute atomic E-state index is 0.0173. The highest BCUT2D eigenvalue weighted by molar-refractivity contribution is 5.93. The van der Waals surface area contributed by atoms with Crippen molar-refractivity contribution >= 4 is 11.9 Å². The Labute approximate surface area is 90.4 Å². The van der Waals surface area contributed by atoms with Gasteiger partial charge >= 0.3 is 5.97 Å². The summed E-state index contributed by atoms with van der Waals surface area (Å²) in [5.74, 6) is -1.07. The van der Waals surface area contributed by atoms with Crippen LogP contribution in [0.3, 0.4) is 0 Å². The molecular formula is C11H19NO3. The summed E-state index contributed by atoms with van der Waals surface area (Å²) >= 11 is 0. The summed E-state index contributed by atoms with van der Waals surface area (Å²) < 4.78 is 0. The highest BCUT2D eigenvalue weighted by atomic mass is 16.4. The number of amides is 1. The minimum atomic E-state index is -0.883. The summed E-state index contributed by atoms with van der Waals surface area (Å²) in [4.78, 5) is 22.0. The normalized spacial score (nSPS) is 13.4. The van der Waals surface area contributed by atoms with Gasteiger partial charge in [0, 0.05) is 11.6 Å². The molecule has 0 aliphatic heterocycles. The maximum absolute atomic E-state index is 11.5. The van der Waals surface area contributed by atoms with Crippen LogP contribution in [0.25, 0.3) is 0 Å². The molecule has 0 aromatic heterocycles. The van der Waals surface area contributed by atoms with Crippen molar-refractivity contribution in [2.45, 2.75) is 46.1 Å². The molecule has 0 radical (unpaired) electrons. The summed E-state index contributed by atoms with van der Waals surface area (Å²) in [6.07, 6.45) is 3.23. The number of carbonyl (C=O) groups excluding carboxylic acids is 1. The maximum atomic E-state index is 11.5. The Morgan fingerprint density at radius 3 is 2.47 bits per heavy atom. The Balaban J connectivity index is 4.27. The van der Waals surface area contributed by atoms with Gasteiger partial charge in [0.1, 0.15) is 0 Å². The molecule has 4 nitrogen and oxygen atoms in total. The van der Waals surface area contributed by atoms with E-state index in [9.17, 15) is 9.59 Å². The van der Waals surface area contributed by atoms with Crippen LogP contribution in [0.2, 0.25) is 0 Å². The molecule has 0 spiro atoms. The monoisotopic (exact) mass is 213 g/mol. The first-order valence-corrected chi connectivity index (χ1v) is 5.16. The summed E-state index contributed by atoms with van der Waals surface area (Å²) in [6.45, 7) is 5.45. The van der Waals surface area contributed by atoms with Crippen LogP contribution >= 0.6 is 0 Å². The number of carboxylic acid groups (broad SMARTS) is 1. The number of rotatable bonds is 6. The average molecular weight is 213 g/mol. The van der Waals surface area contributed by atoms with E-state index in [1.807, 2.05) is 6.92 Å². The van der Waals surface area contributed by atoms with E-state index in [2.05, 4.69) is 5.32 Å². The molecule has 0 aromatic rings. The van der Waals surface area contributed by atoms with Gasteiger partial charge in [-0.15, -0.1) is 0 Å². The van der Waals surface area contributed by atoms with Crippen LogP contribution in [0, 0.1) is 0 Å². The molecule has 0 fully saturated rings. The summed E-state index contributed by atoms with van der Waals surface area (Å²) in [5, 5.41) is 11.4. The van der Waals surface area contributed by atoms with Crippen LogP contribution in [-0.4, -0.2) is 23.0 Å². The number of carboxylic acids is 1. The number of aliphatic carboxylic acids is 1. The molecule has 1 amide bonds. The molecule has 1 atom stereocenters. The van der Waals surface area contributed by atoms with Gasteiger partial charge in [0.15, 0.2) is 0 Å². The number of hydrogen-bond acceptors (Lipinski definition) is 2. The topological polar surface area (TPSA) is 66.4 Å². The lowest BCUT2D eigenvalue weighted by Gasteiger charge is -2.16. The molecule has 4 heteroatoms. The van der Waals surface area contributed by atoms with Gasteiger partial charge in [-0.2, -0.15) is 0 Å². The van der Waals surface area contributed by atoms with E-state index in [1.165, 1.54) is 0 Å². The second-order valence-electron chi connectivity index (χ2n) is 3.53. The molecule has 1 unspecified atom stereocenters. The standard InChI is InChI=1S/C11H19NO3/c1-4-6-9(7-10(13)14)12-11(15)8(3)5-2/h5,9H,4,6-7H2,1-3H3,(H,12,15)(H,13,14). The van der Waals surface area contributed by atoms with Crippen molar-refractivity contribution in [3.8, 4) is 0 Å². The van der Waals surface area contributed by atoms with Gasteiger partial charge in [-0.25, -0.2) is 0 Å². The highest BCUT2D eigenvalue weighted by Crippen LogP contribution is 2.03. The van der Waals surface area contributed by atoms with E-state index >= 15 is 0 Å². The molecule has 2 N–H and O–H groups in total. The Bertz CT molecular complexity index is 259. The van der Waals surface area contributed by atoms with Gasteiger partial charge in [-0.05, 0) is 20.3 Å². The molecule has 0 heterocycles. The van der Waals surface area contributed by atoms with E-state index in [1.54, 1.807) is 19.9 Å². The van der Waals surface area contributed by atoms with Crippen molar-refractivity contribution in [2.24, 2.45) is 0 Å². The quantitative estimate of drug-likeness (QED) is 0.660. The van der Waals surface area contributed by atoms with Crippen molar-refractivity contribution < 1.29 is 14.7 Å². The first kappa shape index (κ1) is 13.7. The molecule has 0 rings (SSSR count). The Kier molecular flexibility index (Phi) is 6.42. The van der Waals surface area contributed by atoms with Gasteiger partial charge in [0.2, 0.25) is 5.91 Å². The minimum Gasteiger partial charge on any atom is -0.481 e. The number of carbonyl (C=O) groups is 2. The molecular weight excluding hydrogens is 194 g/mol. The lowest BCUT2D eigenvalue weighted by atomic mass is 10.1. The van der Waals surface area contributed by atoms with Crippen LogP contribution < -0.4 is 5.32 Å². The SMILES string of the molecule is CC=C(C)C(=O)NC(CCC)CC(=O)O. The van der Waals surface area contributed by atoms with Crippen molar-refractivity contribution in [2.75, 3.05) is 0 Å². The average Bonchev–Trinajstić information content (AvgIpc) is 2.15. The van der Waals surface area contributed by atoms with Gasteiger partial charge in [0.25, 0.3) is 0 Å². The van der Waals surface area contributed by atoms with E-state index < -0.39 is 5.97 Å². The molecule has 86 valence electrons. The largest absolute Gasteiger partial charge is 0.481 e. The summed E-state index contributed by atoms with van der Waals surface area (Å²) in [6, 6.07) is -0.269. The molecule has 15 heavy (non-hydrogen) atoms. The van der Waals surface area contributed by atoms with Gasteiger partial charge in [0.05, 0.1) is 6.42 Å². The molecule has 0 bridgehead atoms. The molecule has 0 aromatic carbocycles. The third kappa shape index (κ3) is 5.88. The Hall–Kier alpha value is -1.32. The molecule has 0 aliphatic carbocycles. The number of hydrogen-bond donors (Lipinski definition) is 2. The van der Waals surface area contributed by atoms with Crippen LogP contribution in [0.1, 0.15) is 40.0 Å². The van der Waals surface area contributed by atoms with Crippen molar-refractivity contribution in [1.82, 2.24) is 5.32 Å². The first-order chi connectivity index (χ1) is 7.01. The molecule has 0 saturated carbocycles. The Morgan fingerprint density at radius 2 is 2.07 bits per heavy atom. The number of nitrogens with one attached hydrogen (secondary N) is 1. The maximum Gasteiger partial charge on any atom is 0.305 e. The van der Waals surface area contributed by atoms with Crippen molar-refractivity contribution in [1.29, 1.82) is 0 Å². The Morgan fingerprint density at radius 1 is 1.47 bits per heavy atom. The van der Waals surface area contributed by atoms with Crippen LogP contribution in [0.5, 0.6) is 0 Å². The van der Waals surface area contributed by atoms with Crippen LogP contribution in [0.15, 0.2) is 11.6 Å². The smallest absolute Gasteiger partial charge is 0.305 e. The zero-order chi connectivity index (χ0) is 11.8. The van der Waals surface area contributed by atoms with E-state index in [4.69, 9.17) is 5.11 Å². The second-order valence-corrected chi connectivity index (χ2v) is 3.53. The molecule has 0 saturated heterocycles. The predicted octanol–water partition coefficient (Wildman–Crippen LogP) is 1.71. The van der Waals surface area contributed by atoms with Gasteiger partial charge < -0.3 is 10.4 Å². The highest BCUT2D eigenvalue weighted by Gasteiger charge is 2.15. The third-order valence-electron chi connectivity index (χ3n) is 2.18. The fraction of sp³-hybridized carbons (Fsp3) is 0.636. The predicted molar refractivity (Wildman–Crippen MR) is 58.5 cm³/mol.